The van der Waals surface area contributed by atoms with Crippen LogP contribution in [0.3, 0.4) is 0 Å². The Balaban J connectivity index is 1.74. The predicted molar refractivity (Wildman–Crippen MR) is 109 cm³/mol. The normalized spacial score (nSPS) is 14.0. The predicted octanol–water partition coefficient (Wildman–Crippen LogP) is 7.19. The number of benzene rings is 4. The Morgan fingerprint density at radius 3 is 2.40 bits per heavy atom. The van der Waals surface area contributed by atoms with Gasteiger partial charge in [0, 0.05) is 10.6 Å². The number of halogens is 1. The fraction of sp³-hybridized carbons (Fsp3) is 0.167. The maximum Gasteiger partial charge on any atom is 0.0484 e. The summed E-state index contributed by atoms with van der Waals surface area (Å²) in [5.41, 5.74) is 5.39. The average molecular weight is 343 g/mol. The molecule has 0 unspecified atom stereocenters. The van der Waals surface area contributed by atoms with Gasteiger partial charge in [0.25, 0.3) is 0 Å². The second-order valence-corrected chi connectivity index (χ2v) is 7.39. The van der Waals surface area contributed by atoms with E-state index in [1.807, 2.05) is 18.2 Å². The van der Waals surface area contributed by atoms with Crippen LogP contribution in [0.5, 0.6) is 0 Å². The third kappa shape index (κ3) is 2.44. The Kier molecular flexibility index (Phi) is 3.53. The van der Waals surface area contributed by atoms with Gasteiger partial charge in [-0.25, -0.2) is 0 Å². The summed E-state index contributed by atoms with van der Waals surface area (Å²) in [7, 11) is 0. The Bertz CT molecular complexity index is 1110. The van der Waals surface area contributed by atoms with Crippen LogP contribution in [0, 0.1) is 0 Å². The molecule has 1 aliphatic carbocycles. The van der Waals surface area contributed by atoms with Crippen LogP contribution in [-0.4, -0.2) is 0 Å². The van der Waals surface area contributed by atoms with Crippen molar-refractivity contribution in [1.29, 1.82) is 0 Å². The molecule has 0 nitrogen and oxygen atoms in total. The maximum absolute atomic E-state index is 6.38. The quantitative estimate of drug-likeness (QED) is 0.321. The average Bonchev–Trinajstić information content (AvgIpc) is 2.67. The summed E-state index contributed by atoms with van der Waals surface area (Å²) >= 11 is 6.38. The summed E-state index contributed by atoms with van der Waals surface area (Å²) in [5.74, 6) is 0. The van der Waals surface area contributed by atoms with Gasteiger partial charge in [0.1, 0.15) is 0 Å². The van der Waals surface area contributed by atoms with E-state index >= 15 is 0 Å². The van der Waals surface area contributed by atoms with Gasteiger partial charge < -0.3 is 0 Å². The number of rotatable bonds is 1. The van der Waals surface area contributed by atoms with Gasteiger partial charge >= 0.3 is 0 Å². The zero-order chi connectivity index (χ0) is 16.8. The lowest BCUT2D eigenvalue weighted by Crippen LogP contribution is -2.03. The summed E-state index contributed by atoms with van der Waals surface area (Å²) in [6, 6.07) is 24.0. The molecule has 0 fully saturated rings. The van der Waals surface area contributed by atoms with Gasteiger partial charge in [-0.3, -0.25) is 0 Å². The standard InChI is InChI=1S/C24H19Cl/c25-24-8-4-3-7-21(24)18-10-12-20-17(15-18)11-14-22-19-6-2-1-5-16(19)9-13-23(20)22/h3-4,7-15H,1-2,5-6H2. The largest absolute Gasteiger partial charge is 0.0837 e. The molecule has 0 saturated heterocycles. The summed E-state index contributed by atoms with van der Waals surface area (Å²) < 4.78 is 0. The van der Waals surface area contributed by atoms with Crippen LogP contribution in [0.25, 0.3) is 32.7 Å². The molecule has 122 valence electrons. The number of hydrogen-bond acceptors (Lipinski definition) is 0. The highest BCUT2D eigenvalue weighted by Gasteiger charge is 2.14. The first-order chi connectivity index (χ1) is 12.3. The molecule has 25 heavy (non-hydrogen) atoms. The molecular formula is C24H19Cl. The molecule has 1 aliphatic rings. The topological polar surface area (TPSA) is 0 Å². The van der Waals surface area contributed by atoms with Crippen LogP contribution in [0.4, 0.5) is 0 Å². The molecule has 0 amide bonds. The van der Waals surface area contributed by atoms with Crippen LogP contribution in [-0.2, 0) is 12.8 Å². The van der Waals surface area contributed by atoms with Crippen molar-refractivity contribution in [3.63, 3.8) is 0 Å². The SMILES string of the molecule is Clc1ccccc1-c1ccc2c(ccc3c4c(ccc32)CCCC4)c1. The highest BCUT2D eigenvalue weighted by atomic mass is 35.5. The molecule has 0 spiro atoms. The lowest BCUT2D eigenvalue weighted by atomic mass is 9.86. The van der Waals surface area contributed by atoms with Gasteiger partial charge in [-0.15, -0.1) is 0 Å². The molecule has 4 aromatic rings. The molecule has 0 aromatic heterocycles. The first-order valence-corrected chi connectivity index (χ1v) is 9.41. The first kappa shape index (κ1) is 15.0. The summed E-state index contributed by atoms with van der Waals surface area (Å²) in [5, 5.41) is 6.23. The molecule has 0 atom stereocenters. The Hall–Kier alpha value is -2.31. The maximum atomic E-state index is 6.38. The summed E-state index contributed by atoms with van der Waals surface area (Å²) in [6.07, 6.45) is 5.09. The number of fused-ring (bicyclic) bond motifs is 5. The highest BCUT2D eigenvalue weighted by molar-refractivity contribution is 6.33. The van der Waals surface area contributed by atoms with Crippen molar-refractivity contribution in [3.05, 3.63) is 82.9 Å². The molecule has 4 aromatic carbocycles. The van der Waals surface area contributed by atoms with Crippen molar-refractivity contribution in [2.24, 2.45) is 0 Å². The molecular weight excluding hydrogens is 324 g/mol. The van der Waals surface area contributed by atoms with E-state index in [-0.39, 0.29) is 0 Å². The second-order valence-electron chi connectivity index (χ2n) is 6.99. The van der Waals surface area contributed by atoms with Gasteiger partial charge in [-0.2, -0.15) is 0 Å². The Morgan fingerprint density at radius 2 is 1.48 bits per heavy atom. The van der Waals surface area contributed by atoms with E-state index in [9.17, 15) is 0 Å². The third-order valence-corrected chi connectivity index (χ3v) is 5.86. The monoisotopic (exact) mass is 342 g/mol. The molecule has 0 radical (unpaired) electrons. The zero-order valence-corrected chi connectivity index (χ0v) is 14.8. The molecule has 0 saturated carbocycles. The second kappa shape index (κ2) is 5.89. The Morgan fingerprint density at radius 1 is 0.680 bits per heavy atom. The van der Waals surface area contributed by atoms with E-state index in [1.165, 1.54) is 52.8 Å². The molecule has 0 aliphatic heterocycles. The Labute approximate surface area is 153 Å². The van der Waals surface area contributed by atoms with E-state index in [0.717, 1.165) is 10.6 Å². The van der Waals surface area contributed by atoms with Crippen LogP contribution < -0.4 is 0 Å². The van der Waals surface area contributed by atoms with E-state index in [4.69, 9.17) is 11.6 Å². The molecule has 0 bridgehead atoms. The van der Waals surface area contributed by atoms with E-state index in [0.29, 0.717) is 0 Å². The molecule has 0 N–H and O–H groups in total. The number of aryl methyl sites for hydroxylation is 2. The van der Waals surface area contributed by atoms with Gasteiger partial charge in [0.05, 0.1) is 0 Å². The van der Waals surface area contributed by atoms with E-state index in [2.05, 4.69) is 48.5 Å². The fourth-order valence-corrected chi connectivity index (χ4v) is 4.51. The first-order valence-electron chi connectivity index (χ1n) is 9.03. The van der Waals surface area contributed by atoms with Crippen molar-refractivity contribution in [3.8, 4) is 11.1 Å². The van der Waals surface area contributed by atoms with Gasteiger partial charge in [0.2, 0.25) is 0 Å². The third-order valence-electron chi connectivity index (χ3n) is 5.53. The van der Waals surface area contributed by atoms with Crippen molar-refractivity contribution < 1.29 is 0 Å². The minimum atomic E-state index is 0.803. The van der Waals surface area contributed by atoms with Gasteiger partial charge in [-0.1, -0.05) is 66.2 Å². The minimum Gasteiger partial charge on any atom is -0.0837 e. The van der Waals surface area contributed by atoms with Crippen LogP contribution in [0.15, 0.2) is 66.7 Å². The van der Waals surface area contributed by atoms with E-state index < -0.39 is 0 Å². The smallest absolute Gasteiger partial charge is 0.0484 e. The van der Waals surface area contributed by atoms with Gasteiger partial charge in [0.15, 0.2) is 0 Å². The fourth-order valence-electron chi connectivity index (χ4n) is 4.26. The van der Waals surface area contributed by atoms with Crippen LogP contribution in [0.2, 0.25) is 5.02 Å². The summed E-state index contributed by atoms with van der Waals surface area (Å²) in [4.78, 5) is 0. The highest BCUT2D eigenvalue weighted by Crippen LogP contribution is 2.36. The van der Waals surface area contributed by atoms with E-state index in [1.54, 1.807) is 11.1 Å². The van der Waals surface area contributed by atoms with Crippen molar-refractivity contribution in [2.75, 3.05) is 0 Å². The van der Waals surface area contributed by atoms with Crippen molar-refractivity contribution in [2.45, 2.75) is 25.7 Å². The molecule has 0 heterocycles. The van der Waals surface area contributed by atoms with Crippen LogP contribution in [0.1, 0.15) is 24.0 Å². The molecule has 5 rings (SSSR count). The van der Waals surface area contributed by atoms with Crippen molar-refractivity contribution in [1.82, 2.24) is 0 Å². The van der Waals surface area contributed by atoms with Crippen LogP contribution >= 0.6 is 11.6 Å². The lowest BCUT2D eigenvalue weighted by Gasteiger charge is -2.19. The van der Waals surface area contributed by atoms with Gasteiger partial charge in [-0.05, 0) is 76.1 Å². The van der Waals surface area contributed by atoms with Crippen molar-refractivity contribution >= 4 is 33.1 Å². The number of hydrogen-bond donors (Lipinski definition) is 0. The molecule has 1 heteroatoms. The minimum absolute atomic E-state index is 0.803. The lowest BCUT2D eigenvalue weighted by molar-refractivity contribution is 0.690. The zero-order valence-electron chi connectivity index (χ0n) is 14.1. The summed E-state index contributed by atoms with van der Waals surface area (Å²) in [6.45, 7) is 0.